The Balaban J connectivity index is 2.23. The molecule has 0 saturated carbocycles. The lowest BCUT2D eigenvalue weighted by Crippen LogP contribution is -1.84. The zero-order chi connectivity index (χ0) is 11.7. The van der Waals surface area contributed by atoms with Crippen molar-refractivity contribution in [1.82, 2.24) is 9.97 Å². The molecule has 3 aromatic rings. The molecule has 0 saturated heterocycles. The van der Waals surface area contributed by atoms with E-state index < -0.39 is 0 Å². The molecule has 1 N–H and O–H groups in total. The second kappa shape index (κ2) is 4.24. The topological polar surface area (TPSA) is 46.0 Å². The second-order valence-corrected chi connectivity index (χ2v) is 4.79. The first-order valence-electron chi connectivity index (χ1n) is 5.28. The standard InChI is InChI=1S/C13H10N2OS/c16-8-10-7-15-13(17-10)12-11-4-2-1-3-9(11)5-6-14-12/h1-7,16H,8H2. The van der Waals surface area contributed by atoms with Gasteiger partial charge in [0, 0.05) is 17.8 Å². The summed E-state index contributed by atoms with van der Waals surface area (Å²) in [4.78, 5) is 9.55. The Morgan fingerprint density at radius 1 is 1.12 bits per heavy atom. The zero-order valence-electron chi connectivity index (χ0n) is 9.00. The van der Waals surface area contributed by atoms with Crippen LogP contribution < -0.4 is 0 Å². The number of benzene rings is 1. The minimum Gasteiger partial charge on any atom is -0.391 e. The van der Waals surface area contributed by atoms with Crippen molar-refractivity contribution in [3.63, 3.8) is 0 Å². The number of aliphatic hydroxyl groups excluding tert-OH is 1. The fourth-order valence-electron chi connectivity index (χ4n) is 1.78. The van der Waals surface area contributed by atoms with E-state index in [-0.39, 0.29) is 6.61 Å². The van der Waals surface area contributed by atoms with Gasteiger partial charge in [-0.2, -0.15) is 0 Å². The molecule has 0 aliphatic rings. The second-order valence-electron chi connectivity index (χ2n) is 3.67. The van der Waals surface area contributed by atoms with E-state index in [1.165, 1.54) is 11.3 Å². The van der Waals surface area contributed by atoms with Crippen molar-refractivity contribution in [2.45, 2.75) is 6.61 Å². The van der Waals surface area contributed by atoms with E-state index in [0.717, 1.165) is 26.4 Å². The number of pyridine rings is 1. The first-order chi connectivity index (χ1) is 8.38. The highest BCUT2D eigenvalue weighted by molar-refractivity contribution is 7.15. The smallest absolute Gasteiger partial charge is 0.142 e. The van der Waals surface area contributed by atoms with Gasteiger partial charge in [-0.15, -0.1) is 11.3 Å². The number of fused-ring (bicyclic) bond motifs is 1. The fourth-order valence-corrected chi connectivity index (χ4v) is 2.56. The third-order valence-corrected chi connectivity index (χ3v) is 3.57. The Hall–Kier alpha value is -1.78. The van der Waals surface area contributed by atoms with Crippen molar-refractivity contribution in [3.05, 3.63) is 47.6 Å². The lowest BCUT2D eigenvalue weighted by atomic mass is 10.1. The first-order valence-corrected chi connectivity index (χ1v) is 6.10. The van der Waals surface area contributed by atoms with Crippen LogP contribution in [0.25, 0.3) is 21.5 Å². The maximum absolute atomic E-state index is 9.06. The molecule has 0 spiro atoms. The van der Waals surface area contributed by atoms with Gasteiger partial charge in [-0.1, -0.05) is 24.3 Å². The van der Waals surface area contributed by atoms with Gasteiger partial charge in [0.05, 0.1) is 11.5 Å². The van der Waals surface area contributed by atoms with Crippen molar-refractivity contribution in [2.75, 3.05) is 0 Å². The molecular formula is C13H10N2OS. The van der Waals surface area contributed by atoms with Gasteiger partial charge in [-0.25, -0.2) is 4.98 Å². The van der Waals surface area contributed by atoms with Gasteiger partial charge in [-0.05, 0) is 11.5 Å². The van der Waals surface area contributed by atoms with E-state index in [4.69, 9.17) is 5.11 Å². The van der Waals surface area contributed by atoms with Crippen LogP contribution in [0.2, 0.25) is 0 Å². The van der Waals surface area contributed by atoms with Gasteiger partial charge in [0.15, 0.2) is 0 Å². The molecule has 4 heteroatoms. The molecule has 84 valence electrons. The first kappa shape index (κ1) is 10.4. The maximum Gasteiger partial charge on any atom is 0.142 e. The summed E-state index contributed by atoms with van der Waals surface area (Å²) in [6, 6.07) is 10.1. The molecule has 0 unspecified atom stereocenters. The molecule has 0 aliphatic carbocycles. The van der Waals surface area contributed by atoms with Crippen molar-refractivity contribution < 1.29 is 5.11 Å². The molecule has 0 aliphatic heterocycles. The summed E-state index contributed by atoms with van der Waals surface area (Å²) in [6.45, 7) is 0.0302. The zero-order valence-corrected chi connectivity index (χ0v) is 9.81. The summed E-state index contributed by atoms with van der Waals surface area (Å²) in [6.07, 6.45) is 3.49. The molecule has 17 heavy (non-hydrogen) atoms. The summed E-state index contributed by atoms with van der Waals surface area (Å²) in [7, 11) is 0. The molecule has 3 nitrogen and oxygen atoms in total. The van der Waals surface area contributed by atoms with Gasteiger partial charge in [0.1, 0.15) is 10.7 Å². The van der Waals surface area contributed by atoms with Crippen molar-refractivity contribution in [1.29, 1.82) is 0 Å². The molecule has 1 aromatic carbocycles. The summed E-state index contributed by atoms with van der Waals surface area (Å²) in [5, 5.41) is 12.2. The normalized spacial score (nSPS) is 10.9. The van der Waals surface area contributed by atoms with E-state index in [1.54, 1.807) is 12.4 Å². The Morgan fingerprint density at radius 3 is 2.82 bits per heavy atom. The minimum atomic E-state index is 0.0302. The van der Waals surface area contributed by atoms with Crippen LogP contribution in [0.1, 0.15) is 4.88 Å². The molecule has 0 radical (unpaired) electrons. The van der Waals surface area contributed by atoms with Gasteiger partial charge >= 0.3 is 0 Å². The Kier molecular flexibility index (Phi) is 2.59. The third-order valence-electron chi connectivity index (χ3n) is 2.59. The van der Waals surface area contributed by atoms with Crippen LogP contribution in [-0.4, -0.2) is 15.1 Å². The predicted molar refractivity (Wildman–Crippen MR) is 68.8 cm³/mol. The highest BCUT2D eigenvalue weighted by Crippen LogP contribution is 2.29. The largest absolute Gasteiger partial charge is 0.391 e. The Morgan fingerprint density at radius 2 is 2.00 bits per heavy atom. The number of aromatic nitrogens is 2. The number of hydrogen-bond acceptors (Lipinski definition) is 4. The van der Waals surface area contributed by atoms with E-state index in [9.17, 15) is 0 Å². The highest BCUT2D eigenvalue weighted by atomic mass is 32.1. The summed E-state index contributed by atoms with van der Waals surface area (Å²) >= 11 is 1.48. The number of hydrogen-bond donors (Lipinski definition) is 1. The molecule has 3 rings (SSSR count). The van der Waals surface area contributed by atoms with E-state index in [1.807, 2.05) is 24.3 Å². The van der Waals surface area contributed by atoms with Crippen LogP contribution >= 0.6 is 11.3 Å². The SMILES string of the molecule is OCc1cnc(-c2nccc3ccccc23)s1. The molecular weight excluding hydrogens is 232 g/mol. The molecule has 0 bridgehead atoms. The average molecular weight is 242 g/mol. The monoisotopic (exact) mass is 242 g/mol. The maximum atomic E-state index is 9.06. The molecule has 2 aromatic heterocycles. The van der Waals surface area contributed by atoms with Crippen molar-refractivity contribution in [2.24, 2.45) is 0 Å². The lowest BCUT2D eigenvalue weighted by Gasteiger charge is -2.01. The number of nitrogens with zero attached hydrogens (tertiary/aromatic N) is 2. The summed E-state index contributed by atoms with van der Waals surface area (Å²) in [5.74, 6) is 0. The minimum absolute atomic E-state index is 0.0302. The Labute approximate surface area is 102 Å². The third kappa shape index (κ3) is 1.81. The lowest BCUT2D eigenvalue weighted by molar-refractivity contribution is 0.285. The van der Waals surface area contributed by atoms with Crippen molar-refractivity contribution >= 4 is 22.1 Å². The van der Waals surface area contributed by atoms with Crippen LogP contribution in [-0.2, 0) is 6.61 Å². The van der Waals surface area contributed by atoms with Gasteiger partial charge < -0.3 is 5.11 Å². The van der Waals surface area contributed by atoms with Crippen LogP contribution in [0.15, 0.2) is 42.7 Å². The Bertz CT molecular complexity index is 658. The van der Waals surface area contributed by atoms with Crippen LogP contribution in [0, 0.1) is 0 Å². The van der Waals surface area contributed by atoms with E-state index in [0.29, 0.717) is 0 Å². The number of thiazole rings is 1. The molecule has 0 amide bonds. The molecule has 2 heterocycles. The van der Waals surface area contributed by atoms with E-state index >= 15 is 0 Å². The van der Waals surface area contributed by atoms with Gasteiger partial charge in [-0.3, -0.25) is 4.98 Å². The number of rotatable bonds is 2. The molecule has 0 fully saturated rings. The summed E-state index contributed by atoms with van der Waals surface area (Å²) < 4.78 is 0. The van der Waals surface area contributed by atoms with Crippen LogP contribution in [0.3, 0.4) is 0 Å². The highest BCUT2D eigenvalue weighted by Gasteiger charge is 2.08. The van der Waals surface area contributed by atoms with Crippen LogP contribution in [0.4, 0.5) is 0 Å². The average Bonchev–Trinajstić information content (AvgIpc) is 2.87. The molecule has 0 atom stereocenters. The summed E-state index contributed by atoms with van der Waals surface area (Å²) in [5.41, 5.74) is 0.882. The van der Waals surface area contributed by atoms with Gasteiger partial charge in [0.2, 0.25) is 0 Å². The van der Waals surface area contributed by atoms with Crippen LogP contribution in [0.5, 0.6) is 0 Å². The quantitative estimate of drug-likeness (QED) is 0.751. The van der Waals surface area contributed by atoms with Gasteiger partial charge in [0.25, 0.3) is 0 Å². The predicted octanol–water partition coefficient (Wildman–Crippen LogP) is 2.85. The van der Waals surface area contributed by atoms with Crippen molar-refractivity contribution in [3.8, 4) is 10.7 Å². The number of aliphatic hydroxyl groups is 1. The van der Waals surface area contributed by atoms with E-state index in [2.05, 4.69) is 16.0 Å². The fraction of sp³-hybridized carbons (Fsp3) is 0.0769.